The third kappa shape index (κ3) is 6.93. The van der Waals surface area contributed by atoms with Gasteiger partial charge in [0.15, 0.2) is 0 Å². The van der Waals surface area contributed by atoms with Gasteiger partial charge in [0.05, 0.1) is 25.4 Å². The summed E-state index contributed by atoms with van der Waals surface area (Å²) in [6, 6.07) is -0.833. The predicted octanol–water partition coefficient (Wildman–Crippen LogP) is 0.534. The van der Waals surface area contributed by atoms with Gasteiger partial charge in [-0.15, -0.1) is 0 Å². The van der Waals surface area contributed by atoms with E-state index in [1.54, 1.807) is 0 Å². The lowest BCUT2D eigenvalue weighted by atomic mass is 10.1. The summed E-state index contributed by atoms with van der Waals surface area (Å²) in [7, 11) is 0. The molecule has 0 aromatic rings. The molecule has 2 amide bonds. The Bertz CT molecular complexity index is 225. The summed E-state index contributed by atoms with van der Waals surface area (Å²) in [6.07, 6.45) is 5.50. The van der Waals surface area contributed by atoms with Crippen LogP contribution < -0.4 is 11.5 Å². The minimum Gasteiger partial charge on any atom is -0.373 e. The molecule has 0 bridgehead atoms. The van der Waals surface area contributed by atoms with Gasteiger partial charge in [0.2, 0.25) is 0 Å². The van der Waals surface area contributed by atoms with Crippen LogP contribution in [0.2, 0.25) is 0 Å². The number of hydrogen-bond donors (Lipinski definition) is 2. The maximum atomic E-state index is 9.00. The number of carbonyl (C=O) groups excluding carboxylic acids is 1. The highest BCUT2D eigenvalue weighted by Gasteiger charge is 2.28. The van der Waals surface area contributed by atoms with E-state index in [4.69, 9.17) is 14.3 Å². The van der Waals surface area contributed by atoms with Crippen LogP contribution >= 0.6 is 0 Å². The number of hydrogen-bond acceptors (Lipinski definition) is 3. The molecule has 2 fully saturated rings. The quantitative estimate of drug-likeness (QED) is 0.528. The maximum absolute atomic E-state index is 9.00. The van der Waals surface area contributed by atoms with Crippen LogP contribution in [0.1, 0.15) is 19.8 Å². The molecule has 15 heavy (non-hydrogen) atoms. The highest BCUT2D eigenvalue weighted by Crippen LogP contribution is 2.26. The van der Waals surface area contributed by atoms with Gasteiger partial charge < -0.3 is 20.9 Å². The average Bonchev–Trinajstić information content (AvgIpc) is 2.95. The van der Waals surface area contributed by atoms with E-state index in [1.165, 1.54) is 5.57 Å². The van der Waals surface area contributed by atoms with E-state index in [-0.39, 0.29) is 0 Å². The monoisotopic (exact) mass is 214 g/mol. The minimum absolute atomic E-state index is 0.528. The van der Waals surface area contributed by atoms with Gasteiger partial charge in [0.25, 0.3) is 0 Å². The molecule has 2 unspecified atom stereocenters. The standard InChI is InChI=1S/C9H14O2.CH4N2O/c1-2-7(3-8-5-10-8)4-9-6-11-9;2-1(3)4/h2,8-9H,3-6H2,1H3;(H4,2,3,4). The van der Waals surface area contributed by atoms with Crippen molar-refractivity contribution in [2.75, 3.05) is 13.2 Å². The lowest BCUT2D eigenvalue weighted by Crippen LogP contribution is -2.18. The lowest BCUT2D eigenvalue weighted by Gasteiger charge is -2.00. The molecule has 86 valence electrons. The average molecular weight is 214 g/mol. The van der Waals surface area contributed by atoms with Crippen molar-refractivity contribution >= 4 is 6.03 Å². The molecule has 0 aliphatic carbocycles. The molecular weight excluding hydrogens is 196 g/mol. The highest BCUT2D eigenvalue weighted by molar-refractivity contribution is 5.69. The van der Waals surface area contributed by atoms with E-state index in [1.807, 2.05) is 0 Å². The SMILES string of the molecule is CC=C(CC1CO1)CC1CO1.NC(N)=O. The van der Waals surface area contributed by atoms with Crippen molar-refractivity contribution in [1.29, 1.82) is 0 Å². The molecule has 0 saturated carbocycles. The van der Waals surface area contributed by atoms with Gasteiger partial charge in [-0.05, 0) is 19.8 Å². The van der Waals surface area contributed by atoms with Crippen molar-refractivity contribution in [2.24, 2.45) is 11.5 Å². The van der Waals surface area contributed by atoms with Crippen molar-refractivity contribution in [3.05, 3.63) is 11.6 Å². The third-order valence-corrected chi connectivity index (χ3v) is 2.19. The van der Waals surface area contributed by atoms with Gasteiger partial charge in [-0.25, -0.2) is 4.79 Å². The molecule has 2 rings (SSSR count). The van der Waals surface area contributed by atoms with Crippen LogP contribution in [-0.2, 0) is 9.47 Å². The van der Waals surface area contributed by atoms with Crippen LogP contribution in [0.15, 0.2) is 11.6 Å². The topological polar surface area (TPSA) is 94.2 Å². The van der Waals surface area contributed by atoms with Crippen LogP contribution in [0.5, 0.6) is 0 Å². The fraction of sp³-hybridized carbons (Fsp3) is 0.700. The summed E-state index contributed by atoms with van der Waals surface area (Å²) < 4.78 is 10.3. The van der Waals surface area contributed by atoms with Crippen LogP contribution in [0.3, 0.4) is 0 Å². The van der Waals surface area contributed by atoms with Crippen LogP contribution in [0.25, 0.3) is 0 Å². The molecule has 0 aromatic carbocycles. The molecule has 2 heterocycles. The zero-order valence-electron chi connectivity index (χ0n) is 8.94. The number of nitrogens with two attached hydrogens (primary N) is 2. The van der Waals surface area contributed by atoms with E-state index < -0.39 is 6.03 Å². The smallest absolute Gasteiger partial charge is 0.309 e. The Labute approximate surface area is 89.4 Å². The van der Waals surface area contributed by atoms with Crippen LogP contribution in [0, 0.1) is 0 Å². The number of amides is 2. The molecule has 5 nitrogen and oxygen atoms in total. The number of epoxide rings is 2. The Morgan fingerprint density at radius 1 is 1.27 bits per heavy atom. The summed E-state index contributed by atoms with van der Waals surface area (Å²) in [5.41, 5.74) is 10.00. The molecule has 4 N–H and O–H groups in total. The van der Waals surface area contributed by atoms with E-state index in [0.717, 1.165) is 26.1 Å². The van der Waals surface area contributed by atoms with Gasteiger partial charge >= 0.3 is 6.03 Å². The van der Waals surface area contributed by atoms with E-state index in [9.17, 15) is 0 Å². The first-order valence-corrected chi connectivity index (χ1v) is 5.04. The third-order valence-electron chi connectivity index (χ3n) is 2.19. The Kier molecular flexibility index (Phi) is 4.58. The summed E-state index contributed by atoms with van der Waals surface area (Å²) in [4.78, 5) is 9.00. The number of ether oxygens (including phenoxy) is 2. The summed E-state index contributed by atoms with van der Waals surface area (Å²) in [5, 5.41) is 0. The van der Waals surface area contributed by atoms with Gasteiger partial charge in [0.1, 0.15) is 0 Å². The highest BCUT2D eigenvalue weighted by atomic mass is 16.6. The van der Waals surface area contributed by atoms with Crippen molar-refractivity contribution in [3.63, 3.8) is 0 Å². The van der Waals surface area contributed by atoms with Crippen LogP contribution in [-0.4, -0.2) is 31.5 Å². The Hall–Kier alpha value is -1.07. The Morgan fingerprint density at radius 3 is 1.80 bits per heavy atom. The first kappa shape index (κ1) is 12.0. The van der Waals surface area contributed by atoms with Gasteiger partial charge in [-0.1, -0.05) is 11.6 Å². The molecule has 2 aliphatic rings. The molecule has 2 aliphatic heterocycles. The molecule has 2 atom stereocenters. The first-order valence-electron chi connectivity index (χ1n) is 5.04. The van der Waals surface area contributed by atoms with E-state index in [2.05, 4.69) is 24.5 Å². The second kappa shape index (κ2) is 5.72. The number of carbonyl (C=O) groups is 1. The zero-order valence-corrected chi connectivity index (χ0v) is 8.94. The number of allylic oxidation sites excluding steroid dienone is 1. The van der Waals surface area contributed by atoms with Gasteiger partial charge in [-0.3, -0.25) is 0 Å². The van der Waals surface area contributed by atoms with E-state index >= 15 is 0 Å². The largest absolute Gasteiger partial charge is 0.373 e. The molecular formula is C10H18N2O3. The Morgan fingerprint density at radius 2 is 1.60 bits per heavy atom. The fourth-order valence-corrected chi connectivity index (χ4v) is 1.28. The fourth-order valence-electron chi connectivity index (χ4n) is 1.28. The summed E-state index contributed by atoms with van der Waals surface area (Å²) >= 11 is 0. The summed E-state index contributed by atoms with van der Waals surface area (Å²) in [6.45, 7) is 4.02. The molecule has 0 spiro atoms. The van der Waals surface area contributed by atoms with Crippen molar-refractivity contribution in [3.8, 4) is 0 Å². The van der Waals surface area contributed by atoms with Gasteiger partial charge in [-0.2, -0.15) is 0 Å². The summed E-state index contributed by atoms with van der Waals surface area (Å²) in [5.74, 6) is 0. The number of primary amides is 2. The number of urea groups is 1. The second-order valence-electron chi connectivity index (χ2n) is 3.67. The van der Waals surface area contributed by atoms with E-state index in [0.29, 0.717) is 12.2 Å². The maximum Gasteiger partial charge on any atom is 0.309 e. The van der Waals surface area contributed by atoms with Crippen molar-refractivity contribution < 1.29 is 14.3 Å². The predicted molar refractivity (Wildman–Crippen MR) is 56.2 cm³/mol. The zero-order chi connectivity index (χ0) is 11.3. The van der Waals surface area contributed by atoms with Crippen molar-refractivity contribution in [1.82, 2.24) is 0 Å². The lowest BCUT2D eigenvalue weighted by molar-refractivity contribution is 0.256. The molecule has 0 aromatic heterocycles. The molecule has 0 radical (unpaired) electrons. The normalized spacial score (nSPS) is 25.9. The molecule has 5 heteroatoms. The Balaban J connectivity index is 0.000000245. The molecule has 2 saturated heterocycles. The first-order chi connectivity index (χ1) is 7.11. The minimum atomic E-state index is -0.833. The second-order valence-corrected chi connectivity index (χ2v) is 3.67. The van der Waals surface area contributed by atoms with Crippen LogP contribution in [0.4, 0.5) is 4.79 Å². The number of rotatable bonds is 4. The van der Waals surface area contributed by atoms with Gasteiger partial charge in [0, 0.05) is 0 Å². The van der Waals surface area contributed by atoms with Crippen molar-refractivity contribution in [2.45, 2.75) is 32.0 Å².